The molecular formula is C18H19ClN2O4S. The monoisotopic (exact) mass is 394 g/mol. The summed E-state index contributed by atoms with van der Waals surface area (Å²) in [6.07, 6.45) is 1.34. The molecule has 8 heteroatoms. The van der Waals surface area contributed by atoms with Crippen molar-refractivity contribution >= 4 is 33.2 Å². The number of halogens is 1. The molecule has 138 valence electrons. The number of rotatable bonds is 5. The van der Waals surface area contributed by atoms with Gasteiger partial charge in [-0.25, -0.2) is 8.42 Å². The fourth-order valence-electron chi connectivity index (χ4n) is 3.01. The highest BCUT2D eigenvalue weighted by molar-refractivity contribution is 7.89. The Morgan fingerprint density at radius 3 is 2.73 bits per heavy atom. The molecule has 1 aliphatic rings. The molecule has 1 unspecified atom stereocenters. The number of hydrogen-bond donors (Lipinski definition) is 2. The lowest BCUT2D eigenvalue weighted by Crippen LogP contribution is -2.37. The van der Waals surface area contributed by atoms with Crippen LogP contribution in [-0.2, 0) is 10.0 Å². The minimum absolute atomic E-state index is 0.0385. The minimum atomic E-state index is -3.76. The lowest BCUT2D eigenvalue weighted by molar-refractivity contribution is 0.102. The molecule has 1 fully saturated rings. The summed E-state index contributed by atoms with van der Waals surface area (Å²) >= 11 is 5.90. The van der Waals surface area contributed by atoms with Crippen molar-refractivity contribution in [3.8, 4) is 0 Å². The average Bonchev–Trinajstić information content (AvgIpc) is 3.11. The van der Waals surface area contributed by atoms with E-state index in [0.717, 1.165) is 0 Å². The summed E-state index contributed by atoms with van der Waals surface area (Å²) in [5.74, 6) is -0.426. The number of aliphatic hydroxyl groups excluding tert-OH is 1. The number of sulfonamides is 1. The number of hydrogen-bond acceptors (Lipinski definition) is 4. The van der Waals surface area contributed by atoms with Crippen LogP contribution in [-0.4, -0.2) is 42.9 Å². The Kier molecular flexibility index (Phi) is 5.62. The van der Waals surface area contributed by atoms with Gasteiger partial charge in [0, 0.05) is 28.9 Å². The Labute approximate surface area is 157 Å². The minimum Gasteiger partial charge on any atom is -0.395 e. The zero-order valence-electron chi connectivity index (χ0n) is 13.9. The summed E-state index contributed by atoms with van der Waals surface area (Å²) in [7, 11) is -3.76. The van der Waals surface area contributed by atoms with E-state index in [9.17, 15) is 18.3 Å². The molecule has 0 aliphatic carbocycles. The second kappa shape index (κ2) is 7.75. The van der Waals surface area contributed by atoms with Gasteiger partial charge in [-0.3, -0.25) is 4.79 Å². The third-order valence-corrected chi connectivity index (χ3v) is 6.50. The summed E-state index contributed by atoms with van der Waals surface area (Å²) in [6.45, 7) is 0.153. The molecule has 2 aromatic carbocycles. The van der Waals surface area contributed by atoms with E-state index in [4.69, 9.17) is 11.6 Å². The smallest absolute Gasteiger partial charge is 0.255 e. The van der Waals surface area contributed by atoms with Gasteiger partial charge in [0.15, 0.2) is 0 Å². The van der Waals surface area contributed by atoms with Crippen LogP contribution in [0.2, 0.25) is 5.02 Å². The molecule has 1 aliphatic heterocycles. The number of aliphatic hydroxyl groups is 1. The average molecular weight is 395 g/mol. The van der Waals surface area contributed by atoms with Gasteiger partial charge in [0.1, 0.15) is 0 Å². The summed E-state index contributed by atoms with van der Waals surface area (Å²) in [6, 6.07) is 12.2. The fourth-order valence-corrected chi connectivity index (χ4v) is 4.93. The van der Waals surface area contributed by atoms with E-state index < -0.39 is 22.0 Å². The van der Waals surface area contributed by atoms with E-state index in [-0.39, 0.29) is 17.1 Å². The quantitative estimate of drug-likeness (QED) is 0.816. The van der Waals surface area contributed by atoms with Crippen molar-refractivity contribution < 1.29 is 18.3 Å². The van der Waals surface area contributed by atoms with E-state index in [1.54, 1.807) is 30.3 Å². The van der Waals surface area contributed by atoms with Gasteiger partial charge in [-0.1, -0.05) is 23.7 Å². The van der Waals surface area contributed by atoms with E-state index in [0.29, 0.717) is 30.1 Å². The summed E-state index contributed by atoms with van der Waals surface area (Å²) in [4.78, 5) is 12.5. The van der Waals surface area contributed by atoms with Crippen molar-refractivity contribution in [2.45, 2.75) is 23.8 Å². The zero-order valence-corrected chi connectivity index (χ0v) is 15.5. The first-order valence-electron chi connectivity index (χ1n) is 8.21. The maximum absolute atomic E-state index is 12.8. The molecule has 0 spiro atoms. The van der Waals surface area contributed by atoms with Gasteiger partial charge in [-0.15, -0.1) is 0 Å². The van der Waals surface area contributed by atoms with Gasteiger partial charge in [-0.2, -0.15) is 4.31 Å². The number of amides is 1. The topological polar surface area (TPSA) is 86.7 Å². The largest absolute Gasteiger partial charge is 0.395 e. The number of anilines is 1. The van der Waals surface area contributed by atoms with Crippen LogP contribution in [0.4, 0.5) is 5.69 Å². The molecule has 1 heterocycles. The van der Waals surface area contributed by atoms with E-state index in [1.807, 2.05) is 0 Å². The van der Waals surface area contributed by atoms with Gasteiger partial charge >= 0.3 is 0 Å². The molecule has 1 atom stereocenters. The molecule has 0 aromatic heterocycles. The first-order valence-corrected chi connectivity index (χ1v) is 10.0. The standard InChI is InChI=1S/C18H19ClN2O4S/c19-14-5-2-6-15(11-14)20-18(23)13-4-1-8-17(10-13)26(24,25)21-9-3-7-16(21)12-22/h1-2,4-6,8,10-11,16,22H,3,7,9,12H2,(H,20,23). The van der Waals surface area contributed by atoms with E-state index >= 15 is 0 Å². The first-order chi connectivity index (χ1) is 12.4. The van der Waals surface area contributed by atoms with Crippen molar-refractivity contribution in [3.63, 3.8) is 0 Å². The lowest BCUT2D eigenvalue weighted by Gasteiger charge is -2.22. The Morgan fingerprint density at radius 2 is 2.00 bits per heavy atom. The molecule has 6 nitrogen and oxygen atoms in total. The Bertz CT molecular complexity index is 917. The predicted octanol–water partition coefficient (Wildman–Crippen LogP) is 2.74. The van der Waals surface area contributed by atoms with Crippen LogP contribution < -0.4 is 5.32 Å². The van der Waals surface area contributed by atoms with E-state index in [1.165, 1.54) is 22.5 Å². The second-order valence-corrected chi connectivity index (χ2v) is 8.41. The number of nitrogens with one attached hydrogen (secondary N) is 1. The molecule has 0 saturated carbocycles. The maximum Gasteiger partial charge on any atom is 0.255 e. The van der Waals surface area contributed by atoms with Crippen LogP contribution in [0.1, 0.15) is 23.2 Å². The molecule has 1 saturated heterocycles. The maximum atomic E-state index is 12.8. The Morgan fingerprint density at radius 1 is 1.23 bits per heavy atom. The predicted molar refractivity (Wildman–Crippen MR) is 99.8 cm³/mol. The first kappa shape index (κ1) is 18.8. The third kappa shape index (κ3) is 3.91. The molecule has 26 heavy (non-hydrogen) atoms. The second-order valence-electron chi connectivity index (χ2n) is 6.09. The van der Waals surface area contributed by atoms with Crippen molar-refractivity contribution in [1.82, 2.24) is 4.31 Å². The number of carbonyl (C=O) groups is 1. The van der Waals surface area contributed by atoms with Crippen LogP contribution in [0.25, 0.3) is 0 Å². The summed E-state index contributed by atoms with van der Waals surface area (Å²) in [5, 5.41) is 12.6. The lowest BCUT2D eigenvalue weighted by atomic mass is 10.2. The molecule has 2 aromatic rings. The van der Waals surface area contributed by atoms with Crippen LogP contribution >= 0.6 is 11.6 Å². The van der Waals surface area contributed by atoms with Crippen molar-refractivity contribution in [3.05, 3.63) is 59.1 Å². The highest BCUT2D eigenvalue weighted by atomic mass is 35.5. The van der Waals surface area contributed by atoms with Crippen LogP contribution in [0.3, 0.4) is 0 Å². The normalized spacial score (nSPS) is 18.0. The molecule has 2 N–H and O–H groups in total. The molecule has 0 bridgehead atoms. The number of nitrogens with zero attached hydrogens (tertiary/aromatic N) is 1. The Balaban J connectivity index is 1.84. The molecule has 1 amide bonds. The van der Waals surface area contributed by atoms with Gasteiger partial charge < -0.3 is 10.4 Å². The van der Waals surface area contributed by atoms with Gasteiger partial charge in [-0.05, 0) is 49.2 Å². The number of carbonyl (C=O) groups excluding carboxylic acids is 1. The van der Waals surface area contributed by atoms with Gasteiger partial charge in [0.2, 0.25) is 10.0 Å². The highest BCUT2D eigenvalue weighted by Gasteiger charge is 2.35. The highest BCUT2D eigenvalue weighted by Crippen LogP contribution is 2.26. The summed E-state index contributed by atoms with van der Waals surface area (Å²) < 4.78 is 27.0. The van der Waals surface area contributed by atoms with Crippen molar-refractivity contribution in [2.24, 2.45) is 0 Å². The summed E-state index contributed by atoms with van der Waals surface area (Å²) in [5.41, 5.74) is 0.751. The molecule has 3 rings (SSSR count). The van der Waals surface area contributed by atoms with Gasteiger partial charge in [0.05, 0.1) is 11.5 Å². The van der Waals surface area contributed by atoms with Crippen molar-refractivity contribution in [1.29, 1.82) is 0 Å². The van der Waals surface area contributed by atoms with Crippen LogP contribution in [0, 0.1) is 0 Å². The Hall–Kier alpha value is -1.93. The van der Waals surface area contributed by atoms with Gasteiger partial charge in [0.25, 0.3) is 5.91 Å². The fraction of sp³-hybridized carbons (Fsp3) is 0.278. The number of benzene rings is 2. The molecular weight excluding hydrogens is 376 g/mol. The molecule has 0 radical (unpaired) electrons. The van der Waals surface area contributed by atoms with Crippen molar-refractivity contribution in [2.75, 3.05) is 18.5 Å². The SMILES string of the molecule is O=C(Nc1cccc(Cl)c1)c1cccc(S(=O)(=O)N2CCCC2CO)c1. The van der Waals surface area contributed by atoms with Crippen LogP contribution in [0.5, 0.6) is 0 Å². The van der Waals surface area contributed by atoms with Crippen LogP contribution in [0.15, 0.2) is 53.4 Å². The van der Waals surface area contributed by atoms with E-state index in [2.05, 4.69) is 5.32 Å². The third-order valence-electron chi connectivity index (χ3n) is 4.32. The zero-order chi connectivity index (χ0) is 18.7.